The van der Waals surface area contributed by atoms with Crippen LogP contribution in [0.25, 0.3) is 10.2 Å². The van der Waals surface area contributed by atoms with Gasteiger partial charge in [-0.1, -0.05) is 22.9 Å². The highest BCUT2D eigenvalue weighted by Crippen LogP contribution is 2.33. The summed E-state index contributed by atoms with van der Waals surface area (Å²) in [4.78, 5) is 21.9. The molecular formula is C22H27Cl2N3O2S. The molecule has 162 valence electrons. The molecule has 1 heterocycles. The van der Waals surface area contributed by atoms with Crippen LogP contribution >= 0.6 is 35.3 Å². The lowest BCUT2D eigenvalue weighted by atomic mass is 10.2. The summed E-state index contributed by atoms with van der Waals surface area (Å²) in [5.41, 5.74) is 2.50. The van der Waals surface area contributed by atoms with Gasteiger partial charge in [0.25, 0.3) is 5.91 Å². The molecule has 3 rings (SSSR count). The van der Waals surface area contributed by atoms with Crippen molar-refractivity contribution in [3.8, 4) is 5.75 Å². The number of aryl methyl sites for hydroxylation is 1. The molecule has 5 nitrogen and oxygen atoms in total. The van der Waals surface area contributed by atoms with Crippen molar-refractivity contribution in [3.05, 3.63) is 52.5 Å². The van der Waals surface area contributed by atoms with E-state index in [2.05, 4.69) is 4.90 Å². The predicted octanol–water partition coefficient (Wildman–Crippen LogP) is 5.68. The van der Waals surface area contributed by atoms with Gasteiger partial charge in [0.1, 0.15) is 5.75 Å². The van der Waals surface area contributed by atoms with Gasteiger partial charge in [-0.25, -0.2) is 4.98 Å². The highest BCUT2D eigenvalue weighted by atomic mass is 35.5. The van der Waals surface area contributed by atoms with E-state index in [4.69, 9.17) is 21.3 Å². The molecule has 0 bridgehead atoms. The van der Waals surface area contributed by atoms with Gasteiger partial charge in [0.2, 0.25) is 0 Å². The van der Waals surface area contributed by atoms with Crippen molar-refractivity contribution in [2.24, 2.45) is 0 Å². The quantitative estimate of drug-likeness (QED) is 0.448. The molecule has 0 N–H and O–H groups in total. The Balaban J connectivity index is 0.00000320. The number of rotatable bonds is 7. The number of benzene rings is 2. The number of fused-ring (bicyclic) bond motifs is 1. The SMILES string of the molecule is Cc1cc(Cl)cc2sc(N(CCN(C)C)C(=O)c3ccc(OC(C)C)cc3)nc12.Cl. The molecule has 0 saturated heterocycles. The summed E-state index contributed by atoms with van der Waals surface area (Å²) in [5, 5.41) is 1.36. The molecule has 1 amide bonds. The van der Waals surface area contributed by atoms with Crippen LogP contribution in [0.5, 0.6) is 5.75 Å². The van der Waals surface area contributed by atoms with Gasteiger partial charge in [-0.2, -0.15) is 0 Å². The van der Waals surface area contributed by atoms with Crippen LogP contribution in [0.2, 0.25) is 5.02 Å². The molecule has 8 heteroatoms. The van der Waals surface area contributed by atoms with Crippen molar-refractivity contribution >= 4 is 56.6 Å². The number of hydrogen-bond donors (Lipinski definition) is 0. The Kier molecular flexibility index (Phi) is 8.50. The Morgan fingerprint density at radius 1 is 1.17 bits per heavy atom. The van der Waals surface area contributed by atoms with E-state index in [-0.39, 0.29) is 24.4 Å². The zero-order chi connectivity index (χ0) is 21.1. The van der Waals surface area contributed by atoms with Crippen molar-refractivity contribution < 1.29 is 9.53 Å². The van der Waals surface area contributed by atoms with Gasteiger partial charge in [-0.3, -0.25) is 9.69 Å². The predicted molar refractivity (Wildman–Crippen MR) is 129 cm³/mol. The van der Waals surface area contributed by atoms with Crippen molar-refractivity contribution in [3.63, 3.8) is 0 Å². The fourth-order valence-electron chi connectivity index (χ4n) is 2.95. The van der Waals surface area contributed by atoms with Gasteiger partial charge in [0, 0.05) is 23.7 Å². The summed E-state index contributed by atoms with van der Waals surface area (Å²) < 4.78 is 6.66. The van der Waals surface area contributed by atoms with E-state index in [1.54, 1.807) is 17.0 Å². The number of thiazole rings is 1. The molecule has 0 radical (unpaired) electrons. The topological polar surface area (TPSA) is 45.7 Å². The maximum Gasteiger partial charge on any atom is 0.260 e. The van der Waals surface area contributed by atoms with E-state index < -0.39 is 0 Å². The molecule has 0 fully saturated rings. The van der Waals surface area contributed by atoms with Crippen LogP contribution < -0.4 is 9.64 Å². The number of ether oxygens (including phenoxy) is 1. The van der Waals surface area contributed by atoms with E-state index in [0.717, 1.165) is 28.1 Å². The number of aromatic nitrogens is 1. The number of nitrogens with zero attached hydrogens (tertiary/aromatic N) is 3. The van der Waals surface area contributed by atoms with Gasteiger partial charge in [-0.15, -0.1) is 12.4 Å². The third-order valence-corrected chi connectivity index (χ3v) is 5.60. The maximum absolute atomic E-state index is 13.3. The maximum atomic E-state index is 13.3. The Morgan fingerprint density at radius 2 is 1.83 bits per heavy atom. The van der Waals surface area contributed by atoms with E-state index in [0.29, 0.717) is 22.3 Å². The van der Waals surface area contributed by atoms with E-state index in [1.807, 2.05) is 59.1 Å². The second kappa shape index (κ2) is 10.4. The normalized spacial score (nSPS) is 11.1. The van der Waals surface area contributed by atoms with Crippen LogP contribution in [0.15, 0.2) is 36.4 Å². The highest BCUT2D eigenvalue weighted by Gasteiger charge is 2.22. The Labute approximate surface area is 193 Å². The molecule has 1 aromatic heterocycles. The molecule has 0 aliphatic carbocycles. The zero-order valence-corrected chi connectivity index (χ0v) is 20.2. The standard InChI is InChI=1S/C22H26ClN3O2S.ClH/c1-14(2)28-18-8-6-16(7-9-18)21(27)26(11-10-25(4)5)22-24-20-15(3)12-17(23)13-19(20)29-22;/h6-9,12-14H,10-11H2,1-5H3;1H. The molecule has 2 aromatic carbocycles. The van der Waals surface area contributed by atoms with Crippen LogP contribution in [-0.4, -0.2) is 49.1 Å². The van der Waals surface area contributed by atoms with Gasteiger partial charge in [0.05, 0.1) is 16.3 Å². The molecule has 0 saturated carbocycles. The molecule has 0 aliphatic rings. The number of amides is 1. The number of carbonyl (C=O) groups is 1. The lowest BCUT2D eigenvalue weighted by Crippen LogP contribution is -2.36. The lowest BCUT2D eigenvalue weighted by Gasteiger charge is -2.22. The lowest BCUT2D eigenvalue weighted by molar-refractivity contribution is 0.0985. The first-order chi connectivity index (χ1) is 13.7. The molecule has 3 aromatic rings. The summed E-state index contributed by atoms with van der Waals surface area (Å²) >= 11 is 7.69. The zero-order valence-electron chi connectivity index (χ0n) is 17.8. The minimum absolute atomic E-state index is 0. The van der Waals surface area contributed by atoms with Crippen molar-refractivity contribution in [1.29, 1.82) is 0 Å². The number of hydrogen-bond acceptors (Lipinski definition) is 5. The molecule has 0 atom stereocenters. The first-order valence-electron chi connectivity index (χ1n) is 9.54. The fraction of sp³-hybridized carbons (Fsp3) is 0.364. The first kappa shape index (κ1) is 24.4. The minimum atomic E-state index is -0.0780. The third kappa shape index (κ3) is 5.85. The van der Waals surface area contributed by atoms with E-state index in [9.17, 15) is 4.79 Å². The van der Waals surface area contributed by atoms with E-state index in [1.165, 1.54) is 11.3 Å². The summed E-state index contributed by atoms with van der Waals surface area (Å²) in [5.74, 6) is 0.674. The van der Waals surface area contributed by atoms with Crippen LogP contribution in [0.1, 0.15) is 29.8 Å². The monoisotopic (exact) mass is 467 g/mol. The number of carbonyl (C=O) groups excluding carboxylic acids is 1. The van der Waals surface area contributed by atoms with Crippen LogP contribution in [0.3, 0.4) is 0 Å². The molecule has 0 aliphatic heterocycles. The van der Waals surface area contributed by atoms with Crippen molar-refractivity contribution in [2.45, 2.75) is 26.9 Å². The summed E-state index contributed by atoms with van der Waals surface area (Å²) in [6.45, 7) is 7.21. The van der Waals surface area contributed by atoms with Crippen LogP contribution in [-0.2, 0) is 0 Å². The fourth-order valence-corrected chi connectivity index (χ4v) is 4.39. The minimum Gasteiger partial charge on any atom is -0.491 e. The molecule has 30 heavy (non-hydrogen) atoms. The largest absolute Gasteiger partial charge is 0.491 e. The van der Waals surface area contributed by atoms with Gasteiger partial charge >= 0.3 is 0 Å². The first-order valence-corrected chi connectivity index (χ1v) is 10.7. The molecular weight excluding hydrogens is 441 g/mol. The van der Waals surface area contributed by atoms with Gasteiger partial charge in [-0.05, 0) is 76.8 Å². The number of anilines is 1. The smallest absolute Gasteiger partial charge is 0.260 e. The van der Waals surface area contributed by atoms with Gasteiger partial charge < -0.3 is 9.64 Å². The second-order valence-corrected chi connectivity index (χ2v) is 8.96. The summed E-state index contributed by atoms with van der Waals surface area (Å²) in [7, 11) is 3.98. The molecule has 0 unspecified atom stereocenters. The second-order valence-electron chi connectivity index (χ2n) is 7.52. The Bertz CT molecular complexity index is 1000. The average molecular weight is 468 g/mol. The van der Waals surface area contributed by atoms with Crippen molar-refractivity contribution in [2.75, 3.05) is 32.1 Å². The Hall–Kier alpha value is -1.86. The highest BCUT2D eigenvalue weighted by molar-refractivity contribution is 7.22. The summed E-state index contributed by atoms with van der Waals surface area (Å²) in [6.07, 6.45) is 0.0888. The average Bonchev–Trinajstić information content (AvgIpc) is 3.05. The Morgan fingerprint density at radius 3 is 2.43 bits per heavy atom. The van der Waals surface area contributed by atoms with E-state index >= 15 is 0 Å². The summed E-state index contributed by atoms with van der Waals surface area (Å²) in [6, 6.07) is 11.1. The van der Waals surface area contributed by atoms with Crippen LogP contribution in [0.4, 0.5) is 5.13 Å². The number of halogens is 2. The number of likely N-dealkylation sites (N-methyl/N-ethyl adjacent to an activating group) is 1. The van der Waals surface area contributed by atoms with Crippen molar-refractivity contribution in [1.82, 2.24) is 9.88 Å². The van der Waals surface area contributed by atoms with Gasteiger partial charge in [0.15, 0.2) is 5.13 Å². The van der Waals surface area contributed by atoms with Crippen LogP contribution in [0, 0.1) is 6.92 Å². The molecule has 0 spiro atoms. The third-order valence-electron chi connectivity index (χ3n) is 4.36.